The highest BCUT2D eigenvalue weighted by atomic mass is 15.2. The quantitative estimate of drug-likeness (QED) is 0.800. The maximum absolute atomic E-state index is 5.52. The molecule has 3 rings (SSSR count). The summed E-state index contributed by atoms with van der Waals surface area (Å²) in [6.45, 7) is 2.50. The Morgan fingerprint density at radius 1 is 1.24 bits per heavy atom. The highest BCUT2D eigenvalue weighted by Gasteiger charge is 2.31. The van der Waals surface area contributed by atoms with E-state index in [-0.39, 0.29) is 0 Å². The second-order valence-corrected chi connectivity index (χ2v) is 5.02. The molecule has 0 aliphatic carbocycles. The predicted octanol–water partition coefficient (Wildman–Crippen LogP) is 1.10. The summed E-state index contributed by atoms with van der Waals surface area (Å²) in [6.07, 6.45) is 8.46. The second kappa shape index (κ2) is 4.49. The zero-order valence-electron chi connectivity index (χ0n) is 9.97. The molecular weight excluding hydrogens is 214 g/mol. The number of nitrogens with zero attached hydrogens (tertiary/aromatic N) is 3. The summed E-state index contributed by atoms with van der Waals surface area (Å²) in [5.41, 5.74) is 5.52. The molecule has 5 nitrogen and oxygen atoms in total. The molecule has 2 saturated heterocycles. The van der Waals surface area contributed by atoms with Gasteiger partial charge in [0.05, 0.1) is 12.4 Å². The van der Waals surface area contributed by atoms with Crippen LogP contribution in [0.2, 0.25) is 0 Å². The van der Waals surface area contributed by atoms with E-state index in [1.165, 1.54) is 38.8 Å². The first kappa shape index (κ1) is 10.8. The molecule has 5 heteroatoms. The molecule has 2 fully saturated rings. The third kappa shape index (κ3) is 2.34. The van der Waals surface area contributed by atoms with Gasteiger partial charge in [-0.05, 0) is 32.2 Å². The number of nitrogen functional groups attached to an aromatic ring is 1. The first-order valence-electron chi connectivity index (χ1n) is 6.39. The molecule has 1 aromatic rings. The molecule has 0 aromatic carbocycles. The lowest BCUT2D eigenvalue weighted by molar-refractivity contribution is 0.188. The Bertz CT molecular complexity index is 377. The van der Waals surface area contributed by atoms with E-state index in [1.807, 2.05) is 0 Å². The van der Waals surface area contributed by atoms with Crippen LogP contribution in [0.1, 0.15) is 25.7 Å². The van der Waals surface area contributed by atoms with Gasteiger partial charge in [-0.3, -0.25) is 0 Å². The van der Waals surface area contributed by atoms with Crippen molar-refractivity contribution in [2.45, 2.75) is 37.8 Å². The summed E-state index contributed by atoms with van der Waals surface area (Å²) in [4.78, 5) is 10.9. The SMILES string of the molecule is Nc1cnc(NC2CCN3CCCC3C2)cn1. The topological polar surface area (TPSA) is 67.1 Å². The molecule has 0 bridgehead atoms. The van der Waals surface area contributed by atoms with E-state index >= 15 is 0 Å². The fraction of sp³-hybridized carbons (Fsp3) is 0.667. The van der Waals surface area contributed by atoms with Gasteiger partial charge in [0.25, 0.3) is 0 Å². The smallest absolute Gasteiger partial charge is 0.144 e. The number of anilines is 2. The van der Waals surface area contributed by atoms with Gasteiger partial charge >= 0.3 is 0 Å². The van der Waals surface area contributed by atoms with Crippen LogP contribution >= 0.6 is 0 Å². The Labute approximate surface area is 101 Å². The van der Waals surface area contributed by atoms with Crippen LogP contribution in [0.15, 0.2) is 12.4 Å². The van der Waals surface area contributed by atoms with Gasteiger partial charge in [-0.25, -0.2) is 9.97 Å². The van der Waals surface area contributed by atoms with Crippen LogP contribution in [0.4, 0.5) is 11.6 Å². The molecule has 0 spiro atoms. The minimum Gasteiger partial charge on any atom is -0.382 e. The molecule has 0 radical (unpaired) electrons. The van der Waals surface area contributed by atoms with E-state index in [4.69, 9.17) is 5.73 Å². The summed E-state index contributed by atoms with van der Waals surface area (Å²) in [6, 6.07) is 1.32. The Morgan fingerprint density at radius 3 is 3.00 bits per heavy atom. The molecule has 17 heavy (non-hydrogen) atoms. The molecule has 0 saturated carbocycles. The number of hydrogen-bond donors (Lipinski definition) is 2. The van der Waals surface area contributed by atoms with Gasteiger partial charge < -0.3 is 16.0 Å². The van der Waals surface area contributed by atoms with E-state index in [2.05, 4.69) is 20.2 Å². The Morgan fingerprint density at radius 2 is 2.18 bits per heavy atom. The normalized spacial score (nSPS) is 28.9. The maximum atomic E-state index is 5.52. The lowest BCUT2D eigenvalue weighted by atomic mass is 9.98. The van der Waals surface area contributed by atoms with Crippen LogP contribution in [0, 0.1) is 0 Å². The molecular formula is C12H19N5. The van der Waals surface area contributed by atoms with Crippen LogP contribution in [0.25, 0.3) is 0 Å². The molecule has 2 unspecified atom stereocenters. The number of nitrogens with one attached hydrogen (secondary N) is 1. The third-order valence-corrected chi connectivity index (χ3v) is 3.84. The zero-order chi connectivity index (χ0) is 11.7. The van der Waals surface area contributed by atoms with Crippen molar-refractivity contribution in [1.29, 1.82) is 0 Å². The van der Waals surface area contributed by atoms with Crippen molar-refractivity contribution < 1.29 is 0 Å². The average molecular weight is 233 g/mol. The molecule has 92 valence electrons. The van der Waals surface area contributed by atoms with E-state index in [0.717, 1.165) is 11.9 Å². The maximum Gasteiger partial charge on any atom is 0.144 e. The van der Waals surface area contributed by atoms with Crippen LogP contribution in [-0.2, 0) is 0 Å². The largest absolute Gasteiger partial charge is 0.382 e. The highest BCUT2D eigenvalue weighted by Crippen LogP contribution is 2.28. The Balaban J connectivity index is 1.60. The van der Waals surface area contributed by atoms with Gasteiger partial charge in [0.15, 0.2) is 0 Å². The predicted molar refractivity (Wildman–Crippen MR) is 67.7 cm³/mol. The summed E-state index contributed by atoms with van der Waals surface area (Å²) in [5.74, 6) is 1.32. The Kier molecular flexibility index (Phi) is 2.84. The van der Waals surface area contributed by atoms with Crippen LogP contribution < -0.4 is 11.1 Å². The zero-order valence-corrected chi connectivity index (χ0v) is 9.97. The second-order valence-electron chi connectivity index (χ2n) is 5.02. The fourth-order valence-electron chi connectivity index (χ4n) is 2.98. The van der Waals surface area contributed by atoms with Gasteiger partial charge in [-0.15, -0.1) is 0 Å². The third-order valence-electron chi connectivity index (χ3n) is 3.84. The molecule has 2 atom stereocenters. The number of rotatable bonds is 2. The van der Waals surface area contributed by atoms with E-state index in [9.17, 15) is 0 Å². The number of aromatic nitrogens is 2. The van der Waals surface area contributed by atoms with Crippen LogP contribution in [0.3, 0.4) is 0 Å². The molecule has 2 aliphatic rings. The summed E-state index contributed by atoms with van der Waals surface area (Å²) in [5, 5.41) is 3.46. The molecule has 1 aromatic heterocycles. The minimum atomic E-state index is 0.473. The van der Waals surface area contributed by atoms with Gasteiger partial charge in [0, 0.05) is 18.6 Å². The molecule has 2 aliphatic heterocycles. The Hall–Kier alpha value is -1.36. The van der Waals surface area contributed by atoms with Crippen molar-refractivity contribution in [1.82, 2.24) is 14.9 Å². The van der Waals surface area contributed by atoms with Gasteiger partial charge in [-0.2, -0.15) is 0 Å². The van der Waals surface area contributed by atoms with Crippen molar-refractivity contribution in [3.63, 3.8) is 0 Å². The fourth-order valence-corrected chi connectivity index (χ4v) is 2.98. The molecule has 3 heterocycles. The molecule has 0 amide bonds. The first-order chi connectivity index (χ1) is 8.31. The summed E-state index contributed by atoms with van der Waals surface area (Å²) < 4.78 is 0. The van der Waals surface area contributed by atoms with Crippen molar-refractivity contribution in [2.24, 2.45) is 0 Å². The molecule has 3 N–H and O–H groups in total. The van der Waals surface area contributed by atoms with Crippen molar-refractivity contribution in [2.75, 3.05) is 24.1 Å². The van der Waals surface area contributed by atoms with Crippen LogP contribution in [-0.4, -0.2) is 40.0 Å². The number of fused-ring (bicyclic) bond motifs is 1. The van der Waals surface area contributed by atoms with E-state index < -0.39 is 0 Å². The van der Waals surface area contributed by atoms with Gasteiger partial charge in [-0.1, -0.05) is 0 Å². The lowest BCUT2D eigenvalue weighted by Gasteiger charge is -2.35. The van der Waals surface area contributed by atoms with Crippen molar-refractivity contribution in [3.8, 4) is 0 Å². The van der Waals surface area contributed by atoms with Gasteiger partial charge in [0.1, 0.15) is 11.6 Å². The van der Waals surface area contributed by atoms with Crippen LogP contribution in [0.5, 0.6) is 0 Å². The number of nitrogens with two attached hydrogens (primary N) is 1. The van der Waals surface area contributed by atoms with E-state index in [0.29, 0.717) is 11.9 Å². The average Bonchev–Trinajstić information content (AvgIpc) is 2.79. The standard InChI is InChI=1S/C12H19N5/c13-11-7-15-12(8-14-11)16-9-3-5-17-4-1-2-10(17)6-9/h7-10H,1-6H2,(H2,13,14)(H,15,16). The summed E-state index contributed by atoms with van der Waals surface area (Å²) >= 11 is 0. The van der Waals surface area contributed by atoms with E-state index in [1.54, 1.807) is 12.4 Å². The van der Waals surface area contributed by atoms with Crippen molar-refractivity contribution >= 4 is 11.6 Å². The van der Waals surface area contributed by atoms with Gasteiger partial charge in [0.2, 0.25) is 0 Å². The lowest BCUT2D eigenvalue weighted by Crippen LogP contribution is -2.42. The highest BCUT2D eigenvalue weighted by molar-refractivity contribution is 5.37. The number of piperidine rings is 1. The van der Waals surface area contributed by atoms with Crippen molar-refractivity contribution in [3.05, 3.63) is 12.4 Å². The number of hydrogen-bond acceptors (Lipinski definition) is 5. The summed E-state index contributed by atoms with van der Waals surface area (Å²) in [7, 11) is 0. The minimum absolute atomic E-state index is 0.473. The monoisotopic (exact) mass is 233 g/mol. The first-order valence-corrected chi connectivity index (χ1v) is 6.39.